The highest BCUT2D eigenvalue weighted by molar-refractivity contribution is 5.43. The maximum atomic E-state index is 12.4. The van der Waals surface area contributed by atoms with Crippen molar-refractivity contribution in [3.63, 3.8) is 0 Å². The summed E-state index contributed by atoms with van der Waals surface area (Å²) in [6, 6.07) is 4.96. The molecule has 8 heteroatoms. The lowest BCUT2D eigenvalue weighted by atomic mass is 10.2. The van der Waals surface area contributed by atoms with Crippen molar-refractivity contribution >= 4 is 0 Å². The lowest BCUT2D eigenvalue weighted by Crippen LogP contribution is -2.22. The Kier molecular flexibility index (Phi) is 6.03. The highest BCUT2D eigenvalue weighted by Crippen LogP contribution is 2.29. The second-order valence-electron chi connectivity index (χ2n) is 6.40. The number of alkyl halides is 2. The molecular weight excluding hydrogens is 342 g/mol. The first-order valence-corrected chi connectivity index (χ1v) is 8.85. The van der Waals surface area contributed by atoms with Crippen LogP contribution in [-0.4, -0.2) is 28.5 Å². The van der Waals surface area contributed by atoms with Gasteiger partial charge in [0.2, 0.25) is 0 Å². The number of nitrogens with one attached hydrogen (secondary N) is 1. The number of aromatic nitrogens is 3. The molecule has 0 spiro atoms. The van der Waals surface area contributed by atoms with E-state index < -0.39 is 6.61 Å². The molecule has 1 N–H and O–H groups in total. The number of fused-ring (bicyclic) bond motifs is 1. The number of hydrogen-bond acceptors (Lipinski definition) is 5. The molecule has 2 aromatic rings. The molecule has 1 aliphatic heterocycles. The van der Waals surface area contributed by atoms with E-state index in [4.69, 9.17) is 4.74 Å². The van der Waals surface area contributed by atoms with Gasteiger partial charge in [0.05, 0.1) is 13.2 Å². The van der Waals surface area contributed by atoms with E-state index in [1.165, 1.54) is 19.6 Å². The van der Waals surface area contributed by atoms with Crippen molar-refractivity contribution in [2.45, 2.75) is 58.3 Å². The van der Waals surface area contributed by atoms with E-state index in [2.05, 4.69) is 24.8 Å². The molecule has 3 rings (SSSR count). The molecule has 0 amide bonds. The van der Waals surface area contributed by atoms with Crippen molar-refractivity contribution in [1.29, 1.82) is 0 Å². The third-order valence-corrected chi connectivity index (χ3v) is 4.58. The molecule has 0 radical (unpaired) electrons. The van der Waals surface area contributed by atoms with Crippen LogP contribution in [-0.2, 0) is 19.5 Å². The van der Waals surface area contributed by atoms with Gasteiger partial charge in [0, 0.05) is 19.5 Å². The van der Waals surface area contributed by atoms with Crippen LogP contribution in [0, 0.1) is 0 Å². The Labute approximate surface area is 151 Å². The number of rotatable bonds is 7. The fourth-order valence-corrected chi connectivity index (χ4v) is 3.21. The molecular formula is C18H24F2N4O2. The average molecular weight is 366 g/mol. The summed E-state index contributed by atoms with van der Waals surface area (Å²) < 4.78 is 36.6. The Hall–Kier alpha value is -2.22. The normalized spacial score (nSPS) is 15.4. The fourth-order valence-electron chi connectivity index (χ4n) is 3.21. The van der Waals surface area contributed by atoms with E-state index in [-0.39, 0.29) is 17.5 Å². The molecule has 1 atom stereocenters. The molecule has 0 saturated carbocycles. The van der Waals surface area contributed by atoms with Crippen LogP contribution in [0.1, 0.15) is 49.4 Å². The van der Waals surface area contributed by atoms with Crippen molar-refractivity contribution in [3.8, 4) is 11.5 Å². The van der Waals surface area contributed by atoms with E-state index in [1.807, 2.05) is 6.92 Å². The Morgan fingerprint density at radius 1 is 1.19 bits per heavy atom. The maximum Gasteiger partial charge on any atom is 0.387 e. The van der Waals surface area contributed by atoms with Gasteiger partial charge in [0.1, 0.15) is 11.6 Å². The van der Waals surface area contributed by atoms with Crippen LogP contribution in [0.3, 0.4) is 0 Å². The van der Waals surface area contributed by atoms with Crippen molar-refractivity contribution < 1.29 is 18.3 Å². The largest absolute Gasteiger partial charge is 0.493 e. The number of methoxy groups -OCH3 is 1. The van der Waals surface area contributed by atoms with E-state index in [0.717, 1.165) is 43.0 Å². The predicted octanol–water partition coefficient (Wildman–Crippen LogP) is 3.47. The topological polar surface area (TPSA) is 61.2 Å². The summed E-state index contributed by atoms with van der Waals surface area (Å²) in [7, 11) is 1.43. The first-order chi connectivity index (χ1) is 12.6. The Bertz CT molecular complexity index is 736. The zero-order valence-corrected chi connectivity index (χ0v) is 15.0. The van der Waals surface area contributed by atoms with Crippen LogP contribution in [0.4, 0.5) is 8.78 Å². The van der Waals surface area contributed by atoms with Gasteiger partial charge in [-0.2, -0.15) is 8.78 Å². The minimum Gasteiger partial charge on any atom is -0.493 e. The summed E-state index contributed by atoms with van der Waals surface area (Å²) in [5, 5.41) is 12.1. The van der Waals surface area contributed by atoms with Gasteiger partial charge in [0.25, 0.3) is 0 Å². The number of hydrogen-bond donors (Lipinski definition) is 1. The molecule has 6 nitrogen and oxygen atoms in total. The standard InChI is InChI=1S/C18H24F2N4O2/c1-12(17-23-22-16-6-4-3-5-9-24(16)17)21-11-13-7-8-14(26-18(19)20)15(10-13)25-2/h7-8,10,12,18,21H,3-6,9,11H2,1-2H3. The summed E-state index contributed by atoms with van der Waals surface area (Å²) in [4.78, 5) is 0. The smallest absolute Gasteiger partial charge is 0.387 e. The number of halogens is 2. The van der Waals surface area contributed by atoms with Crippen molar-refractivity contribution in [3.05, 3.63) is 35.4 Å². The molecule has 0 fully saturated rings. The molecule has 1 aliphatic rings. The average Bonchev–Trinajstić information content (AvgIpc) is 2.88. The molecule has 26 heavy (non-hydrogen) atoms. The molecule has 1 aromatic heterocycles. The highest BCUT2D eigenvalue weighted by atomic mass is 19.3. The Balaban J connectivity index is 1.66. The van der Waals surface area contributed by atoms with Gasteiger partial charge in [-0.05, 0) is 37.5 Å². The fraction of sp³-hybridized carbons (Fsp3) is 0.556. The molecule has 142 valence electrons. The lowest BCUT2D eigenvalue weighted by molar-refractivity contribution is -0.0512. The third-order valence-electron chi connectivity index (χ3n) is 4.58. The lowest BCUT2D eigenvalue weighted by Gasteiger charge is -2.16. The van der Waals surface area contributed by atoms with Gasteiger partial charge in [-0.15, -0.1) is 10.2 Å². The van der Waals surface area contributed by atoms with Gasteiger partial charge >= 0.3 is 6.61 Å². The van der Waals surface area contributed by atoms with Crippen LogP contribution >= 0.6 is 0 Å². The van der Waals surface area contributed by atoms with Gasteiger partial charge in [-0.25, -0.2) is 0 Å². The zero-order valence-electron chi connectivity index (χ0n) is 15.0. The molecule has 2 heterocycles. The summed E-state index contributed by atoms with van der Waals surface area (Å²) in [5.41, 5.74) is 0.908. The predicted molar refractivity (Wildman–Crippen MR) is 92.5 cm³/mol. The monoisotopic (exact) mass is 366 g/mol. The zero-order chi connectivity index (χ0) is 18.5. The molecule has 0 saturated heterocycles. The quantitative estimate of drug-likeness (QED) is 0.813. The summed E-state index contributed by atoms with van der Waals surface area (Å²) in [6.45, 7) is 0.676. The van der Waals surface area contributed by atoms with Crippen LogP contribution in [0.15, 0.2) is 18.2 Å². The second kappa shape index (κ2) is 8.44. The van der Waals surface area contributed by atoms with Crippen LogP contribution < -0.4 is 14.8 Å². The molecule has 1 aromatic carbocycles. The van der Waals surface area contributed by atoms with Gasteiger partial charge in [-0.3, -0.25) is 0 Å². The van der Waals surface area contributed by atoms with E-state index in [0.29, 0.717) is 6.54 Å². The first-order valence-electron chi connectivity index (χ1n) is 8.85. The number of ether oxygens (including phenoxy) is 2. The van der Waals surface area contributed by atoms with E-state index >= 15 is 0 Å². The highest BCUT2D eigenvalue weighted by Gasteiger charge is 2.19. The third kappa shape index (κ3) is 4.30. The second-order valence-corrected chi connectivity index (χ2v) is 6.40. The SMILES string of the molecule is COc1cc(CNC(C)c2nnc3n2CCCCC3)ccc1OC(F)F. The maximum absolute atomic E-state index is 12.4. The van der Waals surface area contributed by atoms with Gasteiger partial charge < -0.3 is 19.4 Å². The molecule has 0 bridgehead atoms. The summed E-state index contributed by atoms with van der Waals surface area (Å²) >= 11 is 0. The van der Waals surface area contributed by atoms with Crippen LogP contribution in [0.2, 0.25) is 0 Å². The van der Waals surface area contributed by atoms with Crippen LogP contribution in [0.5, 0.6) is 11.5 Å². The first kappa shape index (κ1) is 18.6. The minimum atomic E-state index is -2.88. The summed E-state index contributed by atoms with van der Waals surface area (Å²) in [5.74, 6) is 2.31. The van der Waals surface area contributed by atoms with E-state index in [9.17, 15) is 8.78 Å². The van der Waals surface area contributed by atoms with E-state index in [1.54, 1.807) is 12.1 Å². The Morgan fingerprint density at radius 2 is 2.04 bits per heavy atom. The number of nitrogens with zero attached hydrogens (tertiary/aromatic N) is 3. The van der Waals surface area contributed by atoms with Crippen molar-refractivity contribution in [2.75, 3.05) is 7.11 Å². The van der Waals surface area contributed by atoms with Crippen molar-refractivity contribution in [2.24, 2.45) is 0 Å². The molecule has 1 unspecified atom stereocenters. The molecule has 0 aliphatic carbocycles. The van der Waals surface area contributed by atoms with Crippen LogP contribution in [0.25, 0.3) is 0 Å². The van der Waals surface area contributed by atoms with Gasteiger partial charge in [-0.1, -0.05) is 12.5 Å². The van der Waals surface area contributed by atoms with Gasteiger partial charge in [0.15, 0.2) is 11.5 Å². The van der Waals surface area contributed by atoms with Crippen molar-refractivity contribution in [1.82, 2.24) is 20.1 Å². The number of aryl methyl sites for hydroxylation is 1. The minimum absolute atomic E-state index is 0.0253. The summed E-state index contributed by atoms with van der Waals surface area (Å²) in [6.07, 6.45) is 4.50. The Morgan fingerprint density at radius 3 is 2.81 bits per heavy atom. The number of benzene rings is 1.